The summed E-state index contributed by atoms with van der Waals surface area (Å²) >= 11 is 1.42. The largest absolute Gasteiger partial charge is 0.508 e. The summed E-state index contributed by atoms with van der Waals surface area (Å²) in [5.41, 5.74) is 0.409. The molecular formula is C24H28N2O10S. The van der Waals surface area contributed by atoms with Gasteiger partial charge in [-0.3, -0.25) is 24.6 Å². The van der Waals surface area contributed by atoms with Crippen LogP contribution < -0.4 is 0 Å². The SMILES string of the molecule is CC1=C(C(=O)OCOC(=O)C(C)(C)C)N2C(=O)[C@H](C(C)OC(=O)OCc3ccc([N+](=O)[O-])cc3)[C@H]2SC1. The molecule has 12 nitrogen and oxygen atoms in total. The van der Waals surface area contributed by atoms with Crippen molar-refractivity contribution < 1.29 is 43.0 Å². The van der Waals surface area contributed by atoms with Crippen LogP contribution in [-0.2, 0) is 39.9 Å². The summed E-state index contributed by atoms with van der Waals surface area (Å²) in [6, 6.07) is 5.50. The number of nitrogens with zero attached hydrogens (tertiary/aromatic N) is 2. The molecule has 0 spiro atoms. The van der Waals surface area contributed by atoms with Gasteiger partial charge >= 0.3 is 18.1 Å². The van der Waals surface area contributed by atoms with E-state index < -0.39 is 58.5 Å². The lowest BCUT2D eigenvalue weighted by atomic mass is 9.91. The predicted molar refractivity (Wildman–Crippen MR) is 130 cm³/mol. The van der Waals surface area contributed by atoms with Gasteiger partial charge in [0.1, 0.15) is 24.3 Å². The van der Waals surface area contributed by atoms with Crippen molar-refractivity contribution in [3.05, 3.63) is 51.2 Å². The van der Waals surface area contributed by atoms with Gasteiger partial charge in [-0.2, -0.15) is 0 Å². The number of hydrogen-bond donors (Lipinski definition) is 0. The predicted octanol–water partition coefficient (Wildman–Crippen LogP) is 3.53. The first-order valence-corrected chi connectivity index (χ1v) is 12.4. The summed E-state index contributed by atoms with van der Waals surface area (Å²) in [5, 5.41) is 10.3. The maximum atomic E-state index is 13.0. The van der Waals surface area contributed by atoms with E-state index in [1.165, 1.54) is 40.9 Å². The minimum absolute atomic E-state index is 0.0866. The molecule has 2 heterocycles. The molecule has 3 rings (SSSR count). The second kappa shape index (κ2) is 11.2. The summed E-state index contributed by atoms with van der Waals surface area (Å²) in [6.07, 6.45) is -1.83. The van der Waals surface area contributed by atoms with E-state index in [1.807, 2.05) is 0 Å². The molecule has 2 aliphatic rings. The van der Waals surface area contributed by atoms with Crippen molar-refractivity contribution in [2.24, 2.45) is 11.3 Å². The zero-order valence-electron chi connectivity index (χ0n) is 21.0. The number of nitro benzene ring substituents is 1. The molecule has 1 aromatic carbocycles. The average molecular weight is 537 g/mol. The number of ether oxygens (including phenoxy) is 4. The first kappa shape index (κ1) is 28.0. The number of non-ortho nitro benzene ring substituents is 1. The van der Waals surface area contributed by atoms with Gasteiger partial charge in [-0.25, -0.2) is 9.59 Å². The number of fused-ring (bicyclic) bond motifs is 1. The van der Waals surface area contributed by atoms with Crippen LogP contribution in [0.5, 0.6) is 0 Å². The summed E-state index contributed by atoms with van der Waals surface area (Å²) in [6.45, 7) is 7.53. The van der Waals surface area contributed by atoms with Gasteiger partial charge in [0.15, 0.2) is 0 Å². The van der Waals surface area contributed by atoms with Gasteiger partial charge in [-0.1, -0.05) is 0 Å². The molecule has 0 radical (unpaired) electrons. The number of esters is 2. The fourth-order valence-corrected chi connectivity index (χ4v) is 5.09. The molecule has 3 atom stereocenters. The molecule has 0 bridgehead atoms. The molecule has 0 N–H and O–H groups in total. The number of thioether (sulfide) groups is 1. The van der Waals surface area contributed by atoms with E-state index >= 15 is 0 Å². The zero-order chi connectivity index (χ0) is 27.5. The van der Waals surface area contributed by atoms with Crippen LogP contribution in [-0.4, -0.2) is 57.8 Å². The number of rotatable bonds is 8. The molecule has 0 aromatic heterocycles. The van der Waals surface area contributed by atoms with E-state index in [-0.39, 0.29) is 18.0 Å². The lowest BCUT2D eigenvalue weighted by Gasteiger charge is -2.50. The van der Waals surface area contributed by atoms with Crippen molar-refractivity contribution in [2.75, 3.05) is 12.5 Å². The fraction of sp³-hybridized carbons (Fsp3) is 0.500. The molecule has 1 saturated heterocycles. The normalized spacial score (nSPS) is 19.8. The topological polar surface area (TPSA) is 152 Å². The Hall–Kier alpha value is -3.61. The number of benzene rings is 1. The Morgan fingerprint density at radius 1 is 1.16 bits per heavy atom. The molecule has 2 aliphatic heterocycles. The molecular weight excluding hydrogens is 508 g/mol. The molecule has 1 unspecified atom stereocenters. The summed E-state index contributed by atoms with van der Waals surface area (Å²) in [7, 11) is 0. The third-order valence-corrected chi connectivity index (χ3v) is 7.12. The first-order valence-electron chi connectivity index (χ1n) is 11.4. The van der Waals surface area contributed by atoms with Gasteiger partial charge in [0.25, 0.3) is 5.69 Å². The molecule has 0 saturated carbocycles. The highest BCUT2D eigenvalue weighted by molar-refractivity contribution is 8.00. The quantitative estimate of drug-likeness (QED) is 0.158. The highest BCUT2D eigenvalue weighted by Crippen LogP contribution is 2.45. The molecule has 1 fully saturated rings. The van der Waals surface area contributed by atoms with E-state index in [1.54, 1.807) is 34.6 Å². The van der Waals surface area contributed by atoms with E-state index in [0.29, 0.717) is 16.9 Å². The van der Waals surface area contributed by atoms with E-state index in [0.717, 1.165) is 0 Å². The number of amides is 1. The van der Waals surface area contributed by atoms with Gasteiger partial charge in [-0.05, 0) is 57.9 Å². The zero-order valence-corrected chi connectivity index (χ0v) is 21.9. The highest BCUT2D eigenvalue weighted by atomic mass is 32.2. The average Bonchev–Trinajstić information content (AvgIpc) is 2.82. The number of β-lactam (4-membered cyclic amide) rings is 1. The van der Waals surface area contributed by atoms with Gasteiger partial charge in [0, 0.05) is 17.9 Å². The van der Waals surface area contributed by atoms with Crippen LogP contribution in [0.25, 0.3) is 0 Å². The highest BCUT2D eigenvalue weighted by Gasteiger charge is 2.56. The molecule has 13 heteroatoms. The lowest BCUT2D eigenvalue weighted by molar-refractivity contribution is -0.384. The van der Waals surface area contributed by atoms with Crippen LogP contribution >= 0.6 is 11.8 Å². The Balaban J connectivity index is 1.53. The molecule has 0 aliphatic carbocycles. The van der Waals surface area contributed by atoms with Crippen LogP contribution in [0.2, 0.25) is 0 Å². The Kier molecular flexibility index (Phi) is 8.46. The molecule has 200 valence electrons. The maximum Gasteiger partial charge on any atom is 0.508 e. The summed E-state index contributed by atoms with van der Waals surface area (Å²) in [5.74, 6) is -1.98. The van der Waals surface area contributed by atoms with Crippen molar-refractivity contribution in [1.82, 2.24) is 4.90 Å². The van der Waals surface area contributed by atoms with Crippen LogP contribution in [0.15, 0.2) is 35.5 Å². The minimum atomic E-state index is -0.995. The van der Waals surface area contributed by atoms with E-state index in [2.05, 4.69) is 0 Å². The third kappa shape index (κ3) is 6.40. The molecule has 37 heavy (non-hydrogen) atoms. The van der Waals surface area contributed by atoms with E-state index in [4.69, 9.17) is 18.9 Å². The Bertz CT molecular complexity index is 1130. The van der Waals surface area contributed by atoms with Gasteiger partial charge in [0.05, 0.1) is 15.7 Å². The van der Waals surface area contributed by atoms with Gasteiger partial charge in [0.2, 0.25) is 12.7 Å². The van der Waals surface area contributed by atoms with Gasteiger partial charge < -0.3 is 18.9 Å². The second-order valence-electron chi connectivity index (χ2n) is 9.58. The summed E-state index contributed by atoms with van der Waals surface area (Å²) in [4.78, 5) is 61.2. The minimum Gasteiger partial charge on any atom is -0.430 e. The fourth-order valence-electron chi connectivity index (χ4n) is 3.63. The van der Waals surface area contributed by atoms with Crippen molar-refractivity contribution in [1.29, 1.82) is 0 Å². The van der Waals surface area contributed by atoms with Crippen molar-refractivity contribution in [3.63, 3.8) is 0 Å². The Morgan fingerprint density at radius 3 is 2.41 bits per heavy atom. The Labute approximate surface area is 217 Å². The van der Waals surface area contributed by atoms with Crippen LogP contribution in [0.3, 0.4) is 0 Å². The third-order valence-electron chi connectivity index (χ3n) is 5.68. The lowest BCUT2D eigenvalue weighted by Crippen LogP contribution is -2.64. The monoisotopic (exact) mass is 536 g/mol. The second-order valence-corrected chi connectivity index (χ2v) is 10.7. The van der Waals surface area contributed by atoms with Crippen LogP contribution in [0.4, 0.5) is 10.5 Å². The summed E-state index contributed by atoms with van der Waals surface area (Å²) < 4.78 is 20.4. The van der Waals surface area contributed by atoms with Crippen molar-refractivity contribution in [2.45, 2.75) is 52.7 Å². The Morgan fingerprint density at radius 2 is 1.81 bits per heavy atom. The number of carbonyl (C=O) groups is 4. The number of hydrogen-bond acceptors (Lipinski definition) is 11. The van der Waals surface area contributed by atoms with Crippen molar-refractivity contribution >= 4 is 41.5 Å². The van der Waals surface area contributed by atoms with Crippen LogP contribution in [0, 0.1) is 21.4 Å². The maximum absolute atomic E-state index is 13.0. The first-order chi connectivity index (χ1) is 17.3. The van der Waals surface area contributed by atoms with Crippen LogP contribution in [0.1, 0.15) is 40.2 Å². The van der Waals surface area contributed by atoms with Crippen molar-refractivity contribution in [3.8, 4) is 0 Å². The number of nitro groups is 1. The molecule has 1 amide bonds. The standard InChI is InChI=1S/C24H28N2O10S/c1-13-11-37-20-17(14(2)36-23(30)33-10-15-6-8-16(9-7-15)26(31)32)19(27)25(20)18(13)21(28)34-12-35-22(29)24(3,4)5/h6-9,14,17,20H,10-12H2,1-5H3/t14?,17-,20+/m0/s1. The van der Waals surface area contributed by atoms with Gasteiger partial charge in [-0.15, -0.1) is 11.8 Å². The smallest absolute Gasteiger partial charge is 0.430 e. The van der Waals surface area contributed by atoms with E-state index in [9.17, 15) is 29.3 Å². The number of carbonyl (C=O) groups excluding carboxylic acids is 4. The molecule has 1 aromatic rings.